The van der Waals surface area contributed by atoms with Crippen LogP contribution in [0.1, 0.15) is 84.0 Å². The normalized spacial score (nSPS) is 40.9. The number of carbonyl (C=O) groups is 1. The van der Waals surface area contributed by atoms with Crippen LogP contribution in [0, 0.1) is 23.7 Å². The highest BCUT2D eigenvalue weighted by atomic mass is 16.5. The molecule has 0 bridgehead atoms. The van der Waals surface area contributed by atoms with E-state index < -0.39 is 0 Å². The summed E-state index contributed by atoms with van der Waals surface area (Å²) < 4.78 is 11.2. The van der Waals surface area contributed by atoms with Gasteiger partial charge < -0.3 is 9.47 Å². The van der Waals surface area contributed by atoms with E-state index in [9.17, 15) is 4.79 Å². The van der Waals surface area contributed by atoms with Crippen LogP contribution in [0.4, 0.5) is 0 Å². The van der Waals surface area contributed by atoms with Gasteiger partial charge in [-0.05, 0) is 82.0 Å². The summed E-state index contributed by atoms with van der Waals surface area (Å²) in [5, 5.41) is 0. The standard InChI is InChI=1S/C21H36O3/c1-15-3-5-16(6-4-15)17-7-9-18(10-8-17)21(22)24-20-13-11-19(23-2)12-14-20/h15-20H,3-14H2,1-2H3. The first kappa shape index (κ1) is 18.2. The van der Waals surface area contributed by atoms with Crippen molar-refractivity contribution in [3.8, 4) is 0 Å². The molecule has 0 spiro atoms. The minimum absolute atomic E-state index is 0.0894. The fourth-order valence-corrected chi connectivity index (χ4v) is 5.23. The molecule has 0 aliphatic heterocycles. The Kier molecular flexibility index (Phi) is 6.60. The molecule has 3 saturated carbocycles. The number of hydrogen-bond donors (Lipinski definition) is 0. The predicted molar refractivity (Wildman–Crippen MR) is 95.7 cm³/mol. The lowest BCUT2D eigenvalue weighted by molar-refractivity contribution is -0.158. The van der Waals surface area contributed by atoms with E-state index in [1.165, 1.54) is 38.5 Å². The summed E-state index contributed by atoms with van der Waals surface area (Å²) >= 11 is 0. The first-order chi connectivity index (χ1) is 11.7. The highest BCUT2D eigenvalue weighted by Crippen LogP contribution is 2.41. The Hall–Kier alpha value is -0.570. The van der Waals surface area contributed by atoms with Crippen molar-refractivity contribution in [1.82, 2.24) is 0 Å². The van der Waals surface area contributed by atoms with Crippen LogP contribution in [0.5, 0.6) is 0 Å². The van der Waals surface area contributed by atoms with Crippen molar-refractivity contribution < 1.29 is 14.3 Å². The maximum absolute atomic E-state index is 12.5. The van der Waals surface area contributed by atoms with Crippen molar-refractivity contribution in [2.75, 3.05) is 7.11 Å². The van der Waals surface area contributed by atoms with Gasteiger partial charge in [0.05, 0.1) is 12.0 Å². The van der Waals surface area contributed by atoms with E-state index in [2.05, 4.69) is 6.92 Å². The lowest BCUT2D eigenvalue weighted by atomic mass is 9.69. The minimum atomic E-state index is 0.0894. The number of esters is 1. The number of carbonyl (C=O) groups excluding carboxylic acids is 1. The number of methoxy groups -OCH3 is 1. The number of hydrogen-bond acceptors (Lipinski definition) is 3. The Morgan fingerprint density at radius 3 is 1.75 bits per heavy atom. The third-order valence-electron chi connectivity index (χ3n) is 7.07. The SMILES string of the molecule is COC1CCC(OC(=O)C2CCC(C3CCC(C)CC3)CC2)CC1. The van der Waals surface area contributed by atoms with E-state index in [1.807, 2.05) is 0 Å². The van der Waals surface area contributed by atoms with E-state index in [-0.39, 0.29) is 18.0 Å². The number of ether oxygens (including phenoxy) is 2. The van der Waals surface area contributed by atoms with Gasteiger partial charge in [0.15, 0.2) is 0 Å². The van der Waals surface area contributed by atoms with Crippen LogP contribution in [0.2, 0.25) is 0 Å². The molecule has 0 aromatic heterocycles. The smallest absolute Gasteiger partial charge is 0.309 e. The molecule has 3 nitrogen and oxygen atoms in total. The molecule has 0 heterocycles. The monoisotopic (exact) mass is 336 g/mol. The second-order valence-corrected chi connectivity index (χ2v) is 8.70. The lowest BCUT2D eigenvalue weighted by Crippen LogP contribution is -2.32. The molecular weight excluding hydrogens is 300 g/mol. The van der Waals surface area contributed by atoms with Gasteiger partial charge in [0.2, 0.25) is 0 Å². The van der Waals surface area contributed by atoms with Gasteiger partial charge in [-0.3, -0.25) is 4.79 Å². The Morgan fingerprint density at radius 1 is 0.708 bits per heavy atom. The molecule has 3 aliphatic carbocycles. The molecule has 3 heteroatoms. The van der Waals surface area contributed by atoms with Crippen LogP contribution in [0.3, 0.4) is 0 Å². The Balaban J connectivity index is 1.37. The predicted octanol–water partition coefficient (Wildman–Crippen LogP) is 5.12. The first-order valence-electron chi connectivity index (χ1n) is 10.4. The van der Waals surface area contributed by atoms with Gasteiger partial charge in [0, 0.05) is 7.11 Å². The zero-order chi connectivity index (χ0) is 16.9. The maximum atomic E-state index is 12.5. The summed E-state index contributed by atoms with van der Waals surface area (Å²) in [6.45, 7) is 2.39. The van der Waals surface area contributed by atoms with E-state index in [1.54, 1.807) is 7.11 Å². The van der Waals surface area contributed by atoms with Crippen LogP contribution < -0.4 is 0 Å². The van der Waals surface area contributed by atoms with Gasteiger partial charge in [-0.15, -0.1) is 0 Å². The van der Waals surface area contributed by atoms with Crippen molar-refractivity contribution in [3.63, 3.8) is 0 Å². The quantitative estimate of drug-likeness (QED) is 0.668. The first-order valence-corrected chi connectivity index (χ1v) is 10.4. The summed E-state index contributed by atoms with van der Waals surface area (Å²) in [6, 6.07) is 0. The van der Waals surface area contributed by atoms with Gasteiger partial charge in [-0.2, -0.15) is 0 Å². The summed E-state index contributed by atoms with van der Waals surface area (Å²) in [4.78, 5) is 12.5. The van der Waals surface area contributed by atoms with Crippen molar-refractivity contribution in [2.45, 2.75) is 96.2 Å². The molecule has 3 rings (SSSR count). The van der Waals surface area contributed by atoms with Crippen molar-refractivity contribution in [3.05, 3.63) is 0 Å². The van der Waals surface area contributed by atoms with E-state index in [4.69, 9.17) is 9.47 Å². The lowest BCUT2D eigenvalue weighted by Gasteiger charge is -2.37. The van der Waals surface area contributed by atoms with Gasteiger partial charge in [0.1, 0.15) is 6.10 Å². The zero-order valence-electron chi connectivity index (χ0n) is 15.7. The molecule has 0 amide bonds. The molecule has 3 aliphatic rings. The summed E-state index contributed by atoms with van der Waals surface area (Å²) in [5.41, 5.74) is 0. The molecule has 3 fully saturated rings. The molecule has 0 aromatic rings. The Bertz CT molecular complexity index is 384. The van der Waals surface area contributed by atoms with Crippen LogP contribution in [-0.2, 0) is 14.3 Å². The molecule has 0 aromatic carbocycles. The second kappa shape index (κ2) is 8.69. The Labute approximate surface area is 147 Å². The third-order valence-corrected chi connectivity index (χ3v) is 7.07. The van der Waals surface area contributed by atoms with Crippen LogP contribution in [-0.4, -0.2) is 25.3 Å². The van der Waals surface area contributed by atoms with Gasteiger partial charge in [-0.25, -0.2) is 0 Å². The summed E-state index contributed by atoms with van der Waals surface area (Å²) in [7, 11) is 1.78. The largest absolute Gasteiger partial charge is 0.462 e. The fourth-order valence-electron chi connectivity index (χ4n) is 5.23. The highest BCUT2D eigenvalue weighted by molar-refractivity contribution is 5.72. The molecule has 24 heavy (non-hydrogen) atoms. The van der Waals surface area contributed by atoms with Gasteiger partial charge >= 0.3 is 5.97 Å². The average molecular weight is 337 g/mol. The van der Waals surface area contributed by atoms with Crippen LogP contribution in [0.15, 0.2) is 0 Å². The third kappa shape index (κ3) is 4.74. The summed E-state index contributed by atoms with van der Waals surface area (Å²) in [5.74, 6) is 3.00. The van der Waals surface area contributed by atoms with Crippen molar-refractivity contribution in [1.29, 1.82) is 0 Å². The van der Waals surface area contributed by atoms with E-state index in [0.29, 0.717) is 6.10 Å². The van der Waals surface area contributed by atoms with E-state index >= 15 is 0 Å². The van der Waals surface area contributed by atoms with Gasteiger partial charge in [-0.1, -0.05) is 19.8 Å². The van der Waals surface area contributed by atoms with Crippen molar-refractivity contribution >= 4 is 5.97 Å². The summed E-state index contributed by atoms with van der Waals surface area (Å²) in [6.07, 6.45) is 14.8. The molecule has 0 saturated heterocycles. The molecule has 0 radical (unpaired) electrons. The molecular formula is C21H36O3. The van der Waals surface area contributed by atoms with Gasteiger partial charge in [0.25, 0.3) is 0 Å². The fraction of sp³-hybridized carbons (Fsp3) is 0.952. The molecule has 0 unspecified atom stereocenters. The van der Waals surface area contributed by atoms with E-state index in [0.717, 1.165) is 56.3 Å². The minimum Gasteiger partial charge on any atom is -0.462 e. The molecule has 138 valence electrons. The number of rotatable bonds is 4. The second-order valence-electron chi connectivity index (χ2n) is 8.70. The maximum Gasteiger partial charge on any atom is 0.309 e. The Morgan fingerprint density at radius 2 is 1.21 bits per heavy atom. The molecule has 0 N–H and O–H groups in total. The topological polar surface area (TPSA) is 35.5 Å². The molecule has 0 atom stereocenters. The van der Waals surface area contributed by atoms with Crippen LogP contribution in [0.25, 0.3) is 0 Å². The van der Waals surface area contributed by atoms with Crippen molar-refractivity contribution in [2.24, 2.45) is 23.7 Å². The average Bonchev–Trinajstić information content (AvgIpc) is 2.63. The van der Waals surface area contributed by atoms with Crippen LogP contribution >= 0.6 is 0 Å². The highest BCUT2D eigenvalue weighted by Gasteiger charge is 2.34. The zero-order valence-corrected chi connectivity index (χ0v) is 15.7.